The van der Waals surface area contributed by atoms with Crippen LogP contribution in [0, 0.1) is 5.92 Å². The number of likely N-dealkylation sites (tertiary alicyclic amines) is 1. The molecule has 180 valence electrons. The van der Waals surface area contributed by atoms with E-state index in [0.717, 1.165) is 18.7 Å². The number of hydrogen-bond acceptors (Lipinski definition) is 8. The Morgan fingerprint density at radius 2 is 2.32 bits per heavy atom. The van der Waals surface area contributed by atoms with E-state index in [4.69, 9.17) is 25.8 Å². The third kappa shape index (κ3) is 4.46. The van der Waals surface area contributed by atoms with E-state index in [1.165, 1.54) is 6.08 Å². The van der Waals surface area contributed by atoms with Gasteiger partial charge >= 0.3 is 0 Å². The third-order valence-corrected chi connectivity index (χ3v) is 6.49. The number of carbonyl (C=O) groups excluding carboxylic acids is 1. The molecular formula is C22H26ClN7O4. The van der Waals surface area contributed by atoms with E-state index in [0.29, 0.717) is 54.2 Å². The van der Waals surface area contributed by atoms with Crippen molar-refractivity contribution in [1.82, 2.24) is 29.6 Å². The number of amides is 1. The normalized spacial score (nSPS) is 22.4. The molecule has 0 saturated carbocycles. The number of H-pyrrole nitrogens is 1. The summed E-state index contributed by atoms with van der Waals surface area (Å²) < 4.78 is 19.0. The molecule has 3 aromatic rings. The number of aromatic nitrogens is 5. The fraction of sp³-hybridized carbons (Fsp3) is 0.455. The summed E-state index contributed by atoms with van der Waals surface area (Å²) in [5.74, 6) is 0.541. The van der Waals surface area contributed by atoms with Crippen LogP contribution in [0.3, 0.4) is 0 Å². The second kappa shape index (κ2) is 9.61. The molecule has 11 nitrogen and oxygen atoms in total. The molecule has 0 spiro atoms. The van der Waals surface area contributed by atoms with Crippen LogP contribution in [0.2, 0.25) is 5.02 Å². The van der Waals surface area contributed by atoms with Gasteiger partial charge in [0.2, 0.25) is 17.7 Å². The van der Waals surface area contributed by atoms with Crippen LogP contribution in [0.5, 0.6) is 5.88 Å². The van der Waals surface area contributed by atoms with Crippen LogP contribution in [0.25, 0.3) is 11.0 Å². The van der Waals surface area contributed by atoms with Gasteiger partial charge in [-0.3, -0.25) is 9.48 Å². The molecule has 2 fully saturated rings. The minimum Gasteiger partial charge on any atom is -0.477 e. The first-order valence-corrected chi connectivity index (χ1v) is 11.4. The van der Waals surface area contributed by atoms with Crippen LogP contribution in [0.15, 0.2) is 31.2 Å². The molecule has 0 bridgehead atoms. The SMILES string of the molecule is C=CC(=O)N1CC(COc2nc(Nc3cnn(C4CCOC4)c3)nc3[nH]cc(Cl)c23)C(OC)C1. The fourth-order valence-electron chi connectivity index (χ4n) is 4.35. The number of nitrogens with zero attached hydrogens (tertiary/aromatic N) is 5. The summed E-state index contributed by atoms with van der Waals surface area (Å²) in [6.07, 6.45) is 7.37. The second-order valence-corrected chi connectivity index (χ2v) is 8.76. The average Bonchev–Trinajstić information content (AvgIpc) is 3.64. The highest BCUT2D eigenvalue weighted by molar-refractivity contribution is 6.35. The molecule has 3 atom stereocenters. The molecule has 2 aliphatic heterocycles. The van der Waals surface area contributed by atoms with Gasteiger partial charge in [-0.25, -0.2) is 0 Å². The van der Waals surface area contributed by atoms with Crippen molar-refractivity contribution in [2.24, 2.45) is 5.92 Å². The third-order valence-electron chi connectivity index (χ3n) is 6.19. The standard InChI is InChI=1S/C22H26ClN7O4/c1-3-18(31)29-8-13(17(10-29)32-2)11-34-21-19-16(23)7-24-20(19)27-22(28-21)26-14-6-25-30(9-14)15-4-5-33-12-15/h3,6-7,9,13,15,17H,1,4-5,8,10-12H2,2H3,(H2,24,26,27,28). The zero-order valence-electron chi connectivity index (χ0n) is 18.7. The number of fused-ring (bicyclic) bond motifs is 1. The van der Waals surface area contributed by atoms with E-state index in [9.17, 15) is 4.79 Å². The highest BCUT2D eigenvalue weighted by Gasteiger charge is 2.35. The van der Waals surface area contributed by atoms with Gasteiger partial charge in [0.15, 0.2) is 0 Å². The molecule has 0 aliphatic carbocycles. The maximum Gasteiger partial charge on any atom is 0.246 e. The number of rotatable bonds is 8. The summed E-state index contributed by atoms with van der Waals surface area (Å²) in [6, 6.07) is 0.229. The van der Waals surface area contributed by atoms with Gasteiger partial charge in [-0.05, 0) is 12.5 Å². The molecule has 34 heavy (non-hydrogen) atoms. The predicted octanol–water partition coefficient (Wildman–Crippen LogP) is 2.55. The van der Waals surface area contributed by atoms with Crippen LogP contribution >= 0.6 is 11.6 Å². The van der Waals surface area contributed by atoms with Crippen molar-refractivity contribution < 1.29 is 19.0 Å². The molecule has 0 aromatic carbocycles. The zero-order chi connectivity index (χ0) is 23.7. The van der Waals surface area contributed by atoms with Crippen LogP contribution < -0.4 is 10.1 Å². The van der Waals surface area contributed by atoms with E-state index in [2.05, 4.69) is 31.9 Å². The number of anilines is 2. The molecule has 0 radical (unpaired) electrons. The van der Waals surface area contributed by atoms with Gasteiger partial charge in [0, 0.05) is 45.1 Å². The summed E-state index contributed by atoms with van der Waals surface area (Å²) in [7, 11) is 1.63. The highest BCUT2D eigenvalue weighted by Crippen LogP contribution is 2.32. The predicted molar refractivity (Wildman–Crippen MR) is 125 cm³/mol. The molecular weight excluding hydrogens is 462 g/mol. The van der Waals surface area contributed by atoms with Crippen molar-refractivity contribution in [3.63, 3.8) is 0 Å². The molecule has 3 aromatic heterocycles. The molecule has 2 aliphatic rings. The van der Waals surface area contributed by atoms with Crippen molar-refractivity contribution in [2.45, 2.75) is 18.6 Å². The summed E-state index contributed by atoms with van der Waals surface area (Å²) in [6.45, 7) is 6.25. The minimum atomic E-state index is -0.147. The quantitative estimate of drug-likeness (QED) is 0.465. The van der Waals surface area contributed by atoms with Crippen molar-refractivity contribution in [3.8, 4) is 5.88 Å². The van der Waals surface area contributed by atoms with Crippen molar-refractivity contribution in [2.75, 3.05) is 45.3 Å². The number of halogens is 1. The summed E-state index contributed by atoms with van der Waals surface area (Å²) in [4.78, 5) is 25.9. The Hall–Kier alpha value is -3.15. The number of hydrogen-bond donors (Lipinski definition) is 2. The fourth-order valence-corrected chi connectivity index (χ4v) is 4.57. The van der Waals surface area contributed by atoms with Gasteiger partial charge in [0.05, 0.1) is 47.7 Å². The van der Waals surface area contributed by atoms with Gasteiger partial charge < -0.3 is 29.4 Å². The number of nitrogens with one attached hydrogen (secondary N) is 2. The molecule has 1 amide bonds. The number of carbonyl (C=O) groups is 1. The van der Waals surface area contributed by atoms with Crippen molar-refractivity contribution in [1.29, 1.82) is 0 Å². The van der Waals surface area contributed by atoms with Gasteiger partial charge in [-0.15, -0.1) is 0 Å². The summed E-state index contributed by atoms with van der Waals surface area (Å²) in [5, 5.41) is 8.67. The maximum absolute atomic E-state index is 12.0. The molecule has 12 heteroatoms. The van der Waals surface area contributed by atoms with E-state index in [-0.39, 0.29) is 24.0 Å². The molecule has 5 heterocycles. The smallest absolute Gasteiger partial charge is 0.246 e. The Kier molecular flexibility index (Phi) is 6.40. The van der Waals surface area contributed by atoms with E-state index < -0.39 is 0 Å². The van der Waals surface area contributed by atoms with Crippen LogP contribution in [-0.2, 0) is 14.3 Å². The molecule has 2 N–H and O–H groups in total. The van der Waals surface area contributed by atoms with Crippen molar-refractivity contribution in [3.05, 3.63) is 36.3 Å². The summed E-state index contributed by atoms with van der Waals surface area (Å²) in [5.41, 5.74) is 1.30. The lowest BCUT2D eigenvalue weighted by molar-refractivity contribution is -0.125. The topological polar surface area (TPSA) is 119 Å². The first-order chi connectivity index (χ1) is 16.6. The zero-order valence-corrected chi connectivity index (χ0v) is 19.5. The van der Waals surface area contributed by atoms with Crippen LogP contribution in [-0.4, -0.2) is 81.7 Å². The number of ether oxygens (including phenoxy) is 3. The number of methoxy groups -OCH3 is 1. The number of aromatic amines is 1. The van der Waals surface area contributed by atoms with Gasteiger partial charge in [0.25, 0.3) is 0 Å². The van der Waals surface area contributed by atoms with Gasteiger partial charge in [-0.2, -0.15) is 15.1 Å². The lowest BCUT2D eigenvalue weighted by Crippen LogP contribution is -2.28. The average molecular weight is 488 g/mol. The Balaban J connectivity index is 1.34. The first kappa shape index (κ1) is 22.6. The van der Waals surface area contributed by atoms with Crippen molar-refractivity contribution >= 4 is 40.2 Å². The van der Waals surface area contributed by atoms with Gasteiger partial charge in [-0.1, -0.05) is 18.2 Å². The summed E-state index contributed by atoms with van der Waals surface area (Å²) >= 11 is 6.38. The van der Waals surface area contributed by atoms with E-state index in [1.54, 1.807) is 24.4 Å². The Morgan fingerprint density at radius 1 is 1.44 bits per heavy atom. The first-order valence-electron chi connectivity index (χ1n) is 11.1. The maximum atomic E-state index is 12.0. The molecule has 5 rings (SSSR count). The van der Waals surface area contributed by atoms with Crippen LogP contribution in [0.4, 0.5) is 11.6 Å². The highest BCUT2D eigenvalue weighted by atomic mass is 35.5. The second-order valence-electron chi connectivity index (χ2n) is 8.36. The minimum absolute atomic E-state index is 0.0279. The lowest BCUT2D eigenvalue weighted by atomic mass is 10.1. The Morgan fingerprint density at radius 3 is 3.09 bits per heavy atom. The van der Waals surface area contributed by atoms with Crippen LogP contribution in [0.1, 0.15) is 12.5 Å². The lowest BCUT2D eigenvalue weighted by Gasteiger charge is -2.17. The molecule has 2 saturated heterocycles. The van der Waals surface area contributed by atoms with E-state index in [1.807, 2.05) is 10.9 Å². The Bertz CT molecular complexity index is 1190. The largest absolute Gasteiger partial charge is 0.477 e. The van der Waals surface area contributed by atoms with Gasteiger partial charge in [0.1, 0.15) is 5.65 Å². The molecule has 3 unspecified atom stereocenters. The Labute approximate surface area is 201 Å². The van der Waals surface area contributed by atoms with E-state index >= 15 is 0 Å². The monoisotopic (exact) mass is 487 g/mol.